The van der Waals surface area contributed by atoms with Crippen LogP contribution in [0.5, 0.6) is 0 Å². The number of nitrogens with zero attached hydrogens (tertiary/aromatic N) is 2. The van der Waals surface area contributed by atoms with Crippen LogP contribution in [0.2, 0.25) is 0 Å². The molecule has 112 valence electrons. The third-order valence-electron chi connectivity index (χ3n) is 5.40. The van der Waals surface area contributed by atoms with Crippen molar-refractivity contribution in [3.05, 3.63) is 0 Å². The van der Waals surface area contributed by atoms with Crippen LogP contribution in [0.25, 0.3) is 0 Å². The van der Waals surface area contributed by atoms with Gasteiger partial charge in [-0.2, -0.15) is 0 Å². The molecule has 2 N–H and O–H groups in total. The van der Waals surface area contributed by atoms with Crippen LogP contribution >= 0.6 is 0 Å². The van der Waals surface area contributed by atoms with E-state index >= 15 is 0 Å². The van der Waals surface area contributed by atoms with Gasteiger partial charge in [0.25, 0.3) is 0 Å². The molecule has 2 aliphatic rings. The fraction of sp³-hybridized carbons (Fsp3) is 1.00. The quantitative estimate of drug-likeness (QED) is 0.848. The molecule has 1 heterocycles. The highest BCUT2D eigenvalue weighted by molar-refractivity contribution is 4.96. The van der Waals surface area contributed by atoms with E-state index < -0.39 is 0 Å². The van der Waals surface area contributed by atoms with Gasteiger partial charge in [-0.15, -0.1) is 0 Å². The lowest BCUT2D eigenvalue weighted by Crippen LogP contribution is -2.52. The van der Waals surface area contributed by atoms with Gasteiger partial charge in [-0.3, -0.25) is 9.80 Å². The van der Waals surface area contributed by atoms with Crippen LogP contribution in [0.4, 0.5) is 0 Å². The number of hydrogen-bond acceptors (Lipinski definition) is 3. The number of rotatable bonds is 4. The zero-order valence-electron chi connectivity index (χ0n) is 13.4. The minimum atomic E-state index is 0.392. The summed E-state index contributed by atoms with van der Waals surface area (Å²) in [7, 11) is 0. The summed E-state index contributed by atoms with van der Waals surface area (Å²) in [6.07, 6.45) is 5.09. The fourth-order valence-electron chi connectivity index (χ4n) is 4.08. The highest BCUT2D eigenvalue weighted by Gasteiger charge is 2.39. The van der Waals surface area contributed by atoms with E-state index in [4.69, 9.17) is 5.73 Å². The van der Waals surface area contributed by atoms with Gasteiger partial charge >= 0.3 is 0 Å². The van der Waals surface area contributed by atoms with E-state index in [0.29, 0.717) is 17.5 Å². The fourth-order valence-corrected chi connectivity index (χ4v) is 4.08. The molecule has 2 fully saturated rings. The van der Waals surface area contributed by atoms with Crippen molar-refractivity contribution < 1.29 is 0 Å². The summed E-state index contributed by atoms with van der Waals surface area (Å²) in [6.45, 7) is 14.2. The predicted molar refractivity (Wildman–Crippen MR) is 82.3 cm³/mol. The molecule has 1 saturated carbocycles. The van der Waals surface area contributed by atoms with E-state index in [-0.39, 0.29) is 0 Å². The lowest BCUT2D eigenvalue weighted by Gasteiger charge is -2.43. The molecule has 0 aromatic rings. The number of likely N-dealkylation sites (N-methyl/N-ethyl adjacent to an activating group) is 1. The molecule has 3 heteroatoms. The second kappa shape index (κ2) is 6.11. The summed E-state index contributed by atoms with van der Waals surface area (Å²) in [5.41, 5.74) is 6.89. The minimum absolute atomic E-state index is 0.392. The normalized spacial score (nSPS) is 36.0. The molecular weight excluding hydrogens is 234 g/mol. The molecule has 0 aromatic heterocycles. The van der Waals surface area contributed by atoms with E-state index in [0.717, 1.165) is 6.04 Å². The molecule has 3 unspecified atom stereocenters. The maximum absolute atomic E-state index is 6.41. The van der Waals surface area contributed by atoms with Crippen molar-refractivity contribution >= 4 is 0 Å². The Morgan fingerprint density at radius 1 is 1.21 bits per heavy atom. The molecule has 2 rings (SSSR count). The van der Waals surface area contributed by atoms with Gasteiger partial charge in [0.05, 0.1) is 0 Å². The van der Waals surface area contributed by atoms with Crippen LogP contribution in [-0.4, -0.2) is 54.1 Å². The Morgan fingerprint density at radius 3 is 2.53 bits per heavy atom. The first-order valence-corrected chi connectivity index (χ1v) is 8.20. The standard InChI is InChI=1S/C16H33N3/c1-5-18(6-2)13-8-10-19(12-13)15-11-16(3,4)9-7-14(15)17/h13-15H,5-12,17H2,1-4H3. The lowest BCUT2D eigenvalue weighted by atomic mass is 9.73. The van der Waals surface area contributed by atoms with Crippen LogP contribution in [0.1, 0.15) is 53.4 Å². The van der Waals surface area contributed by atoms with E-state index in [1.54, 1.807) is 0 Å². The Kier molecular flexibility index (Phi) is 4.91. The van der Waals surface area contributed by atoms with Gasteiger partial charge in [0.2, 0.25) is 0 Å². The molecule has 0 bridgehead atoms. The van der Waals surface area contributed by atoms with Crippen molar-refractivity contribution in [3.8, 4) is 0 Å². The third kappa shape index (κ3) is 3.50. The number of hydrogen-bond donors (Lipinski definition) is 1. The van der Waals surface area contributed by atoms with E-state index in [1.807, 2.05) is 0 Å². The van der Waals surface area contributed by atoms with Gasteiger partial charge in [-0.1, -0.05) is 27.7 Å². The average molecular weight is 267 g/mol. The number of nitrogens with two attached hydrogens (primary N) is 1. The van der Waals surface area contributed by atoms with Crippen LogP contribution in [-0.2, 0) is 0 Å². The minimum Gasteiger partial charge on any atom is -0.326 e. The molecule has 0 aromatic carbocycles. The zero-order chi connectivity index (χ0) is 14.0. The number of likely N-dealkylation sites (tertiary alicyclic amines) is 1. The topological polar surface area (TPSA) is 32.5 Å². The third-order valence-corrected chi connectivity index (χ3v) is 5.40. The molecule has 19 heavy (non-hydrogen) atoms. The summed E-state index contributed by atoms with van der Waals surface area (Å²) in [6, 6.07) is 1.76. The van der Waals surface area contributed by atoms with Crippen LogP contribution in [0.3, 0.4) is 0 Å². The van der Waals surface area contributed by atoms with Gasteiger partial charge in [-0.05, 0) is 44.2 Å². The van der Waals surface area contributed by atoms with Gasteiger partial charge < -0.3 is 5.73 Å². The van der Waals surface area contributed by atoms with Crippen molar-refractivity contribution in [1.29, 1.82) is 0 Å². The van der Waals surface area contributed by atoms with E-state index in [1.165, 1.54) is 51.9 Å². The highest BCUT2D eigenvalue weighted by atomic mass is 15.3. The first-order chi connectivity index (χ1) is 8.96. The zero-order valence-corrected chi connectivity index (χ0v) is 13.4. The van der Waals surface area contributed by atoms with Gasteiger partial charge in [0.15, 0.2) is 0 Å². The van der Waals surface area contributed by atoms with Crippen molar-refractivity contribution in [2.24, 2.45) is 11.1 Å². The monoisotopic (exact) mass is 267 g/mol. The van der Waals surface area contributed by atoms with Crippen LogP contribution in [0.15, 0.2) is 0 Å². The van der Waals surface area contributed by atoms with Crippen molar-refractivity contribution in [2.45, 2.75) is 71.5 Å². The molecule has 0 radical (unpaired) electrons. The molecule has 0 spiro atoms. The van der Waals surface area contributed by atoms with Crippen molar-refractivity contribution in [1.82, 2.24) is 9.80 Å². The van der Waals surface area contributed by atoms with Crippen molar-refractivity contribution in [3.63, 3.8) is 0 Å². The smallest absolute Gasteiger partial charge is 0.0252 e. The Balaban J connectivity index is 1.95. The summed E-state index contributed by atoms with van der Waals surface area (Å²) in [5.74, 6) is 0. The average Bonchev–Trinajstić information content (AvgIpc) is 2.83. The van der Waals surface area contributed by atoms with Gasteiger partial charge in [-0.25, -0.2) is 0 Å². The highest BCUT2D eigenvalue weighted by Crippen LogP contribution is 2.38. The van der Waals surface area contributed by atoms with Gasteiger partial charge in [0, 0.05) is 31.2 Å². The molecule has 0 amide bonds. The SMILES string of the molecule is CCN(CC)C1CCN(C2CC(C)(C)CCC2N)C1. The van der Waals surface area contributed by atoms with E-state index in [9.17, 15) is 0 Å². The summed E-state index contributed by atoms with van der Waals surface area (Å²) in [5, 5.41) is 0. The Hall–Kier alpha value is -0.120. The lowest BCUT2D eigenvalue weighted by molar-refractivity contribution is 0.0876. The first-order valence-electron chi connectivity index (χ1n) is 8.20. The second-order valence-electron chi connectivity index (χ2n) is 7.30. The summed E-state index contributed by atoms with van der Waals surface area (Å²) < 4.78 is 0. The van der Waals surface area contributed by atoms with Gasteiger partial charge in [0.1, 0.15) is 0 Å². The maximum Gasteiger partial charge on any atom is 0.0252 e. The van der Waals surface area contributed by atoms with Crippen LogP contribution < -0.4 is 5.73 Å². The molecule has 1 aliphatic carbocycles. The molecule has 3 nitrogen and oxygen atoms in total. The maximum atomic E-state index is 6.41. The second-order valence-corrected chi connectivity index (χ2v) is 7.30. The predicted octanol–water partition coefficient (Wildman–Crippen LogP) is 2.31. The molecule has 1 aliphatic heterocycles. The largest absolute Gasteiger partial charge is 0.326 e. The first kappa shape index (κ1) is 15.3. The Morgan fingerprint density at radius 2 is 1.89 bits per heavy atom. The van der Waals surface area contributed by atoms with Crippen molar-refractivity contribution in [2.75, 3.05) is 26.2 Å². The molecule has 3 atom stereocenters. The summed E-state index contributed by atoms with van der Waals surface area (Å²) in [4.78, 5) is 5.30. The Labute approximate surface area is 119 Å². The molecular formula is C16H33N3. The Bertz CT molecular complexity index is 286. The summed E-state index contributed by atoms with van der Waals surface area (Å²) >= 11 is 0. The van der Waals surface area contributed by atoms with E-state index in [2.05, 4.69) is 37.5 Å². The van der Waals surface area contributed by atoms with Crippen LogP contribution in [0, 0.1) is 5.41 Å². The molecule has 1 saturated heterocycles.